The molecule has 1 heterocycles. The topological polar surface area (TPSA) is 3.24 Å². The Balaban J connectivity index is 0.942. The van der Waals surface area contributed by atoms with Gasteiger partial charge in [-0.25, -0.2) is 0 Å². The zero-order valence-corrected chi connectivity index (χ0v) is 30.5. The first-order valence-electron chi connectivity index (χ1n) is 21.0. The van der Waals surface area contributed by atoms with Crippen molar-refractivity contribution < 1.29 is 6.85 Å². The molecule has 1 aromatic heterocycles. The lowest BCUT2D eigenvalue weighted by atomic mass is 9.70. The minimum atomic E-state index is -0.395. The van der Waals surface area contributed by atoms with Crippen LogP contribution in [0.15, 0.2) is 212 Å². The van der Waals surface area contributed by atoms with E-state index >= 15 is 0 Å². The third-order valence-electron chi connectivity index (χ3n) is 11.2. The molecule has 2 heteroatoms. The van der Waals surface area contributed by atoms with Gasteiger partial charge in [-0.05, 0) is 115 Å². The fraction of sp³-hybridized carbons (Fsp3) is 0.0189. The van der Waals surface area contributed by atoms with Gasteiger partial charge in [0.25, 0.3) is 0 Å². The van der Waals surface area contributed by atoms with Crippen LogP contribution in [0.25, 0.3) is 54.9 Å². The summed E-state index contributed by atoms with van der Waals surface area (Å²) in [5.41, 5.74) is 16.3. The standard InChI is InChI=1S/C53H35NS/c1-3-13-36(14-4-1)37-27-30-42(31-28-37)54(41-15-5-2-6-16-41)52-34-33-51(55-52)39-25-23-38(24-26-39)40-29-32-46-45-19-9-12-22-49(45)53(50(46)35-40)47-20-10-7-17-43(47)44-18-8-11-21-48(44)53/h1-35H/i1D,3D,4D,13D,14D. The van der Waals surface area contributed by atoms with Crippen molar-refractivity contribution >= 4 is 27.7 Å². The molecule has 9 aromatic rings. The van der Waals surface area contributed by atoms with E-state index in [1.165, 1.54) is 50.1 Å². The van der Waals surface area contributed by atoms with Crippen molar-refractivity contribution in [2.45, 2.75) is 5.41 Å². The second-order valence-corrected chi connectivity index (χ2v) is 15.1. The highest BCUT2D eigenvalue weighted by Gasteiger charge is 2.51. The van der Waals surface area contributed by atoms with Gasteiger partial charge in [-0.3, -0.25) is 0 Å². The molecule has 8 aromatic carbocycles. The fourth-order valence-electron chi connectivity index (χ4n) is 8.86. The van der Waals surface area contributed by atoms with Crippen LogP contribution in [0.4, 0.5) is 16.4 Å². The Kier molecular flexibility index (Phi) is 6.22. The van der Waals surface area contributed by atoms with Crippen molar-refractivity contribution in [3.05, 3.63) is 234 Å². The van der Waals surface area contributed by atoms with Crippen molar-refractivity contribution in [1.29, 1.82) is 0 Å². The Morgan fingerprint density at radius 1 is 0.382 bits per heavy atom. The SMILES string of the molecule is [2H]c1c([2H])c([2H])c(-c2ccc(N(c3ccccc3)c3ccc(-c4ccc(-c5ccc6c(c5)C5(c7ccccc7-c7ccccc75)c5ccccc5-6)cc4)s3)cc2)c([2H])c1[2H]. The average molecular weight is 723 g/mol. The second-order valence-electron chi connectivity index (χ2n) is 14.1. The maximum atomic E-state index is 8.48. The average Bonchev–Trinajstić information content (AvgIpc) is 3.99. The van der Waals surface area contributed by atoms with Gasteiger partial charge in [0, 0.05) is 16.3 Å². The molecule has 2 aliphatic rings. The molecule has 258 valence electrons. The lowest BCUT2D eigenvalue weighted by Crippen LogP contribution is -2.25. The summed E-state index contributed by atoms with van der Waals surface area (Å²) in [7, 11) is 0. The summed E-state index contributed by atoms with van der Waals surface area (Å²) in [5, 5.41) is 1.02. The van der Waals surface area contributed by atoms with Gasteiger partial charge in [-0.2, -0.15) is 0 Å². The van der Waals surface area contributed by atoms with Gasteiger partial charge >= 0.3 is 0 Å². The van der Waals surface area contributed by atoms with Crippen LogP contribution in [0.1, 0.15) is 29.1 Å². The van der Waals surface area contributed by atoms with Gasteiger partial charge in [0.2, 0.25) is 0 Å². The first-order chi connectivity index (χ1) is 29.3. The van der Waals surface area contributed by atoms with Gasteiger partial charge < -0.3 is 4.90 Å². The van der Waals surface area contributed by atoms with E-state index in [-0.39, 0.29) is 35.1 Å². The zero-order chi connectivity index (χ0) is 40.7. The van der Waals surface area contributed by atoms with Crippen LogP contribution in [0.5, 0.6) is 0 Å². The number of hydrogen-bond donors (Lipinski definition) is 0. The maximum Gasteiger partial charge on any atom is 0.101 e. The van der Waals surface area contributed by atoms with E-state index in [0.29, 0.717) is 5.56 Å². The van der Waals surface area contributed by atoms with Crippen LogP contribution >= 0.6 is 11.3 Å². The van der Waals surface area contributed by atoms with Crippen LogP contribution in [-0.4, -0.2) is 0 Å². The van der Waals surface area contributed by atoms with Gasteiger partial charge in [-0.1, -0.05) is 170 Å². The molecule has 0 bridgehead atoms. The Labute approximate surface area is 333 Å². The van der Waals surface area contributed by atoms with Crippen LogP contribution < -0.4 is 4.90 Å². The molecule has 0 radical (unpaired) electrons. The normalized spacial score (nSPS) is 14.1. The molecule has 1 nitrogen and oxygen atoms in total. The van der Waals surface area contributed by atoms with E-state index < -0.39 is 6.04 Å². The number of hydrogen-bond acceptors (Lipinski definition) is 2. The molecular weight excluding hydrogens is 683 g/mol. The van der Waals surface area contributed by atoms with E-state index in [1.807, 2.05) is 42.5 Å². The summed E-state index contributed by atoms with van der Waals surface area (Å²) in [4.78, 5) is 3.32. The lowest BCUT2D eigenvalue weighted by molar-refractivity contribution is 0.794. The molecule has 0 fully saturated rings. The van der Waals surface area contributed by atoms with Crippen molar-refractivity contribution in [2.24, 2.45) is 0 Å². The summed E-state index contributed by atoms with van der Waals surface area (Å²) < 4.78 is 41.3. The molecule has 55 heavy (non-hydrogen) atoms. The quantitative estimate of drug-likeness (QED) is 0.165. The summed E-state index contributed by atoms with van der Waals surface area (Å²) in [6.07, 6.45) is 0. The summed E-state index contributed by atoms with van der Waals surface area (Å²) >= 11 is 1.70. The van der Waals surface area contributed by atoms with E-state index in [0.717, 1.165) is 32.4 Å². The zero-order valence-electron chi connectivity index (χ0n) is 34.7. The summed E-state index contributed by atoms with van der Waals surface area (Å²) in [6, 6.07) is 63.1. The van der Waals surface area contributed by atoms with Gasteiger partial charge in [0.05, 0.1) is 12.3 Å². The monoisotopic (exact) mass is 722 g/mol. The number of anilines is 3. The number of benzene rings is 8. The van der Waals surface area contributed by atoms with Gasteiger partial charge in [0.1, 0.15) is 5.00 Å². The number of thiophene rings is 1. The van der Waals surface area contributed by atoms with E-state index in [2.05, 4.69) is 144 Å². The van der Waals surface area contributed by atoms with Crippen molar-refractivity contribution in [2.75, 3.05) is 4.90 Å². The van der Waals surface area contributed by atoms with Gasteiger partial charge in [-0.15, -0.1) is 11.3 Å². The van der Waals surface area contributed by atoms with E-state index in [1.54, 1.807) is 11.3 Å². The highest BCUT2D eigenvalue weighted by Crippen LogP contribution is 2.63. The predicted octanol–water partition coefficient (Wildman–Crippen LogP) is 14.6. The molecule has 0 unspecified atom stereocenters. The number of fused-ring (bicyclic) bond motifs is 10. The summed E-state index contributed by atoms with van der Waals surface area (Å²) in [6.45, 7) is 0. The minimum Gasteiger partial charge on any atom is -0.302 e. The number of para-hydroxylation sites is 1. The second kappa shape index (κ2) is 12.7. The van der Waals surface area contributed by atoms with Crippen molar-refractivity contribution in [3.8, 4) is 54.9 Å². The molecule has 0 atom stereocenters. The molecule has 0 aliphatic heterocycles. The molecule has 0 N–H and O–H groups in total. The van der Waals surface area contributed by atoms with E-state index in [4.69, 9.17) is 6.85 Å². The van der Waals surface area contributed by atoms with Crippen LogP contribution in [0, 0.1) is 0 Å². The van der Waals surface area contributed by atoms with Crippen molar-refractivity contribution in [3.63, 3.8) is 0 Å². The maximum absolute atomic E-state index is 8.48. The highest BCUT2D eigenvalue weighted by atomic mass is 32.1. The number of nitrogens with zero attached hydrogens (tertiary/aromatic N) is 1. The van der Waals surface area contributed by atoms with Crippen LogP contribution in [-0.2, 0) is 5.41 Å². The van der Waals surface area contributed by atoms with E-state index in [9.17, 15) is 0 Å². The Morgan fingerprint density at radius 3 is 1.51 bits per heavy atom. The largest absolute Gasteiger partial charge is 0.302 e. The fourth-order valence-corrected chi connectivity index (χ4v) is 9.91. The first-order valence-corrected chi connectivity index (χ1v) is 19.3. The molecule has 0 amide bonds. The first kappa shape index (κ1) is 26.9. The third kappa shape index (κ3) is 4.92. The Hall–Kier alpha value is -6.74. The van der Waals surface area contributed by atoms with Gasteiger partial charge in [0.15, 0.2) is 0 Å². The smallest absolute Gasteiger partial charge is 0.101 e. The molecule has 1 spiro atoms. The highest BCUT2D eigenvalue weighted by molar-refractivity contribution is 7.19. The molecule has 0 saturated carbocycles. The molecule has 0 saturated heterocycles. The number of rotatable bonds is 6. The predicted molar refractivity (Wildman–Crippen MR) is 232 cm³/mol. The van der Waals surface area contributed by atoms with Crippen LogP contribution in [0.3, 0.4) is 0 Å². The minimum absolute atomic E-state index is 0.194. The molecule has 11 rings (SSSR count). The third-order valence-corrected chi connectivity index (χ3v) is 12.4. The van der Waals surface area contributed by atoms with Crippen LogP contribution in [0.2, 0.25) is 0 Å². The Morgan fingerprint density at radius 2 is 0.873 bits per heavy atom. The molecular formula is C53H35NS. The molecule has 2 aliphatic carbocycles. The lowest BCUT2D eigenvalue weighted by Gasteiger charge is -2.30. The Bertz CT molecular complexity index is 3060. The van der Waals surface area contributed by atoms with Crippen molar-refractivity contribution in [1.82, 2.24) is 0 Å². The summed E-state index contributed by atoms with van der Waals surface area (Å²) in [5.74, 6) is 0.